The summed E-state index contributed by atoms with van der Waals surface area (Å²) in [6.07, 6.45) is 4.82. The first-order valence-electron chi connectivity index (χ1n) is 9.43. The van der Waals surface area contributed by atoms with E-state index in [4.69, 9.17) is 0 Å². The largest absolute Gasteiger partial charge is 0.356 e. The third-order valence-corrected chi connectivity index (χ3v) is 7.97. The van der Waals surface area contributed by atoms with Crippen LogP contribution in [0, 0.1) is 0 Å². The van der Waals surface area contributed by atoms with Gasteiger partial charge in [-0.3, -0.25) is 4.99 Å². The maximum absolute atomic E-state index is 12.2. The van der Waals surface area contributed by atoms with Crippen molar-refractivity contribution in [1.82, 2.24) is 10.6 Å². The van der Waals surface area contributed by atoms with Crippen LogP contribution in [0.4, 0.5) is 0 Å². The quantitative estimate of drug-likeness (QED) is 0.352. The van der Waals surface area contributed by atoms with Gasteiger partial charge in [0.25, 0.3) is 0 Å². The summed E-state index contributed by atoms with van der Waals surface area (Å²) in [6.45, 7) is 6.37. The number of aliphatic imine (C=N–C) groups is 1. The highest BCUT2D eigenvalue weighted by molar-refractivity contribution is 14.0. The average molecular weight is 507 g/mol. The summed E-state index contributed by atoms with van der Waals surface area (Å²) in [6, 6.07) is 10.7. The van der Waals surface area contributed by atoms with Crippen LogP contribution in [0.3, 0.4) is 0 Å². The van der Waals surface area contributed by atoms with E-state index >= 15 is 0 Å². The summed E-state index contributed by atoms with van der Waals surface area (Å²) < 4.78 is 23.7. The van der Waals surface area contributed by atoms with Crippen LogP contribution in [0.1, 0.15) is 52.0 Å². The molecule has 7 heteroatoms. The Morgan fingerprint density at radius 3 is 2.22 bits per heavy atom. The molecule has 1 aliphatic carbocycles. The monoisotopic (exact) mass is 507 g/mol. The van der Waals surface area contributed by atoms with E-state index in [-0.39, 0.29) is 35.1 Å². The van der Waals surface area contributed by atoms with E-state index < -0.39 is 14.6 Å². The molecule has 1 aromatic carbocycles. The molecule has 0 aliphatic heterocycles. The Morgan fingerprint density at radius 2 is 1.70 bits per heavy atom. The number of benzene rings is 1. The molecule has 154 valence electrons. The van der Waals surface area contributed by atoms with Gasteiger partial charge in [-0.05, 0) is 39.2 Å². The molecule has 0 unspecified atom stereocenters. The van der Waals surface area contributed by atoms with Gasteiger partial charge in [0.15, 0.2) is 15.8 Å². The molecule has 5 nitrogen and oxygen atoms in total. The van der Waals surface area contributed by atoms with Crippen LogP contribution in [0.25, 0.3) is 0 Å². The molecule has 2 N–H and O–H groups in total. The highest BCUT2D eigenvalue weighted by atomic mass is 127. The van der Waals surface area contributed by atoms with Crippen molar-refractivity contribution in [3.63, 3.8) is 0 Å². The number of hydrogen-bond acceptors (Lipinski definition) is 3. The fraction of sp³-hybridized carbons (Fsp3) is 0.650. The Balaban J connectivity index is 0.00000364. The number of hydrogen-bond donors (Lipinski definition) is 2. The lowest BCUT2D eigenvalue weighted by Gasteiger charge is -2.31. The van der Waals surface area contributed by atoms with E-state index in [1.807, 2.05) is 0 Å². The zero-order valence-electron chi connectivity index (χ0n) is 16.9. The lowest BCUT2D eigenvalue weighted by Crippen LogP contribution is -2.46. The van der Waals surface area contributed by atoms with Gasteiger partial charge >= 0.3 is 0 Å². The van der Waals surface area contributed by atoms with Gasteiger partial charge in [0.1, 0.15) is 0 Å². The highest BCUT2D eigenvalue weighted by Gasteiger charge is 2.35. The number of nitrogens with one attached hydrogen (secondary N) is 2. The second kappa shape index (κ2) is 10.1. The molecule has 0 heterocycles. The van der Waals surface area contributed by atoms with E-state index in [2.05, 4.69) is 46.0 Å². The molecule has 0 atom stereocenters. The first-order chi connectivity index (χ1) is 12.2. The minimum atomic E-state index is -3.13. The van der Waals surface area contributed by atoms with E-state index in [1.165, 1.54) is 31.2 Å². The van der Waals surface area contributed by atoms with Crippen LogP contribution in [0.2, 0.25) is 0 Å². The molecule has 1 aromatic rings. The smallest absolute Gasteiger partial charge is 0.191 e. The van der Waals surface area contributed by atoms with Crippen LogP contribution >= 0.6 is 24.0 Å². The fourth-order valence-electron chi connectivity index (χ4n) is 3.49. The summed E-state index contributed by atoms with van der Waals surface area (Å²) in [4.78, 5) is 4.26. The lowest BCUT2D eigenvalue weighted by atomic mass is 9.79. The first-order valence-corrected chi connectivity index (χ1v) is 11.1. The van der Waals surface area contributed by atoms with Gasteiger partial charge in [-0.1, -0.05) is 43.2 Å². The second-order valence-corrected chi connectivity index (χ2v) is 11.0. The summed E-state index contributed by atoms with van der Waals surface area (Å²) in [5, 5.41) is 6.57. The SMILES string of the molecule is CN=C(NCCS(=O)(=O)C(C)(C)C)NCC1(c2ccccc2)CCCC1.I. The molecule has 1 saturated carbocycles. The predicted octanol–water partition coefficient (Wildman–Crippen LogP) is 3.49. The number of halogens is 1. The maximum Gasteiger partial charge on any atom is 0.191 e. The summed E-state index contributed by atoms with van der Waals surface area (Å²) in [5.41, 5.74) is 1.51. The van der Waals surface area contributed by atoms with Gasteiger partial charge < -0.3 is 10.6 Å². The Hall–Kier alpha value is -0.830. The van der Waals surface area contributed by atoms with Crippen molar-refractivity contribution in [2.75, 3.05) is 25.9 Å². The molecule has 0 spiro atoms. The highest BCUT2D eigenvalue weighted by Crippen LogP contribution is 2.40. The molecule has 0 saturated heterocycles. The van der Waals surface area contributed by atoms with Gasteiger partial charge in [0.05, 0.1) is 10.5 Å². The van der Waals surface area contributed by atoms with E-state index in [0.29, 0.717) is 12.5 Å². The predicted molar refractivity (Wildman–Crippen MR) is 125 cm³/mol. The molecule has 0 amide bonds. The van der Waals surface area contributed by atoms with Gasteiger partial charge in [-0.15, -0.1) is 24.0 Å². The molecule has 2 rings (SSSR count). The third kappa shape index (κ3) is 6.34. The van der Waals surface area contributed by atoms with Crippen molar-refractivity contribution in [2.45, 2.75) is 56.6 Å². The standard InChI is InChI=1S/C20H33N3O2S.HI/c1-19(2,3)26(24,25)15-14-22-18(21-4)23-16-20(12-8-9-13-20)17-10-6-5-7-11-17;/h5-7,10-11H,8-9,12-16H2,1-4H3,(H2,21,22,23);1H. The summed E-state index contributed by atoms with van der Waals surface area (Å²) in [7, 11) is -1.41. The Bertz CT molecular complexity index is 706. The van der Waals surface area contributed by atoms with Gasteiger partial charge in [-0.2, -0.15) is 0 Å². The zero-order valence-corrected chi connectivity index (χ0v) is 20.1. The van der Waals surface area contributed by atoms with Crippen LogP contribution < -0.4 is 10.6 Å². The Kier molecular flexibility index (Phi) is 9.05. The van der Waals surface area contributed by atoms with Crippen molar-refractivity contribution in [2.24, 2.45) is 4.99 Å². The van der Waals surface area contributed by atoms with Crippen LogP contribution in [0.5, 0.6) is 0 Å². The average Bonchev–Trinajstić information content (AvgIpc) is 3.08. The number of nitrogens with zero attached hydrogens (tertiary/aromatic N) is 1. The molecule has 0 aromatic heterocycles. The van der Waals surface area contributed by atoms with Gasteiger partial charge in [0, 0.05) is 25.6 Å². The summed E-state index contributed by atoms with van der Waals surface area (Å²) >= 11 is 0. The molecule has 1 aliphatic rings. The minimum Gasteiger partial charge on any atom is -0.356 e. The van der Waals surface area contributed by atoms with Crippen molar-refractivity contribution < 1.29 is 8.42 Å². The minimum absolute atomic E-state index is 0. The third-order valence-electron chi connectivity index (χ3n) is 5.36. The molecule has 1 fully saturated rings. The number of guanidine groups is 1. The molecular weight excluding hydrogens is 473 g/mol. The van der Waals surface area contributed by atoms with Crippen molar-refractivity contribution in [3.05, 3.63) is 35.9 Å². The zero-order chi connectivity index (χ0) is 19.3. The lowest BCUT2D eigenvalue weighted by molar-refractivity contribution is 0.432. The van der Waals surface area contributed by atoms with Crippen molar-refractivity contribution >= 4 is 39.8 Å². The topological polar surface area (TPSA) is 70.6 Å². The maximum atomic E-state index is 12.2. The number of sulfone groups is 1. The van der Waals surface area contributed by atoms with Crippen LogP contribution in [-0.2, 0) is 15.3 Å². The molecular formula is C20H34IN3O2S. The molecule has 0 radical (unpaired) electrons. The van der Waals surface area contributed by atoms with Crippen molar-refractivity contribution in [3.8, 4) is 0 Å². The van der Waals surface area contributed by atoms with Gasteiger partial charge in [0.2, 0.25) is 0 Å². The Labute approximate surface area is 181 Å². The molecule has 27 heavy (non-hydrogen) atoms. The number of rotatable bonds is 6. The summed E-state index contributed by atoms with van der Waals surface area (Å²) in [5.74, 6) is 0.761. The molecule has 0 bridgehead atoms. The van der Waals surface area contributed by atoms with Crippen LogP contribution in [0.15, 0.2) is 35.3 Å². The Morgan fingerprint density at radius 1 is 1.11 bits per heavy atom. The fourth-order valence-corrected chi connectivity index (χ4v) is 4.48. The van der Waals surface area contributed by atoms with Crippen molar-refractivity contribution in [1.29, 1.82) is 0 Å². The van der Waals surface area contributed by atoms with E-state index in [9.17, 15) is 8.42 Å². The van der Waals surface area contributed by atoms with E-state index in [1.54, 1.807) is 27.8 Å². The van der Waals surface area contributed by atoms with Gasteiger partial charge in [-0.25, -0.2) is 8.42 Å². The van der Waals surface area contributed by atoms with E-state index in [0.717, 1.165) is 6.54 Å². The van der Waals surface area contributed by atoms with Crippen LogP contribution in [-0.4, -0.2) is 45.0 Å². The second-order valence-electron chi connectivity index (χ2n) is 8.14. The normalized spacial score (nSPS) is 17.3. The first kappa shape index (κ1) is 24.2.